The smallest absolute Gasteiger partial charge is 0.0513 e. The van der Waals surface area contributed by atoms with E-state index in [1.54, 1.807) is 0 Å². The summed E-state index contributed by atoms with van der Waals surface area (Å²) in [6, 6.07) is 2.85. The maximum absolute atomic E-state index is 6.14. The second-order valence-electron chi connectivity index (χ2n) is 4.51. The second kappa shape index (κ2) is 0.523. The highest BCUT2D eigenvalue weighted by Crippen LogP contribution is 2.90. The van der Waals surface area contributed by atoms with Gasteiger partial charge in [-0.3, -0.25) is 4.90 Å². The highest BCUT2D eigenvalue weighted by atomic mass is 15.6. The number of nitrogens with two attached hydrogens (primary N) is 1. The van der Waals surface area contributed by atoms with Gasteiger partial charge < -0.3 is 5.73 Å². The monoisotopic (exact) mass is 120 g/mol. The lowest BCUT2D eigenvalue weighted by atomic mass is 9.13. The van der Waals surface area contributed by atoms with Gasteiger partial charge in [0.1, 0.15) is 0 Å². The van der Waals surface area contributed by atoms with Gasteiger partial charge in [-0.05, 0) is 17.8 Å². The molecule has 2 heteroatoms. The first-order chi connectivity index (χ1) is 4.37. The lowest BCUT2D eigenvalue weighted by molar-refractivity contribution is -0.554. The van der Waals surface area contributed by atoms with Gasteiger partial charge in [-0.2, -0.15) is 0 Å². The van der Waals surface area contributed by atoms with Crippen molar-refractivity contribution >= 4 is 0 Å². The maximum atomic E-state index is 6.14. The molecular weight excluding hydrogens is 112 g/mol. The van der Waals surface area contributed by atoms with Crippen LogP contribution in [-0.2, 0) is 0 Å². The predicted octanol–water partition coefficient (Wildman–Crippen LogP) is -0.992. The molecule has 0 bridgehead atoms. The van der Waals surface area contributed by atoms with E-state index < -0.39 is 0 Å². The van der Waals surface area contributed by atoms with Gasteiger partial charge in [-0.1, -0.05) is 0 Å². The van der Waals surface area contributed by atoms with E-state index in [4.69, 9.17) is 5.73 Å². The van der Waals surface area contributed by atoms with Crippen LogP contribution < -0.4 is 5.73 Å². The molecule has 0 amide bonds. The van der Waals surface area contributed by atoms with Crippen LogP contribution in [0.2, 0.25) is 0 Å². The van der Waals surface area contributed by atoms with Gasteiger partial charge >= 0.3 is 0 Å². The van der Waals surface area contributed by atoms with E-state index in [0.29, 0.717) is 5.54 Å². The molecule has 3 aliphatic carbocycles. The van der Waals surface area contributed by atoms with Gasteiger partial charge in [-0.25, -0.2) is 0 Å². The Morgan fingerprint density at radius 3 is 2.11 bits per heavy atom. The summed E-state index contributed by atoms with van der Waals surface area (Å²) in [4.78, 5) is 2.65. The molecule has 3 aliphatic heterocycles. The van der Waals surface area contributed by atoms with E-state index in [1.807, 2.05) is 0 Å². The molecule has 3 saturated carbocycles. The Labute approximate surface area is 53.0 Å². The zero-order chi connectivity index (χ0) is 5.54. The molecule has 2 N–H and O–H groups in total. The molecule has 7 atom stereocenters. The minimum Gasteiger partial charge on any atom is -0.322 e. The standard InChI is InChI=1S/C7H8N2/c8-7-3-1-4-2(3)6(7)9(4)5(1)7/h1-6H,8H2/t1-,2-,3?,4?,5-,6+,7?/m0/s1. The number of piperidine rings is 12. The summed E-state index contributed by atoms with van der Waals surface area (Å²) >= 11 is 0. The number of hydrogen-bond acceptors (Lipinski definition) is 2. The van der Waals surface area contributed by atoms with Crippen molar-refractivity contribution in [2.45, 2.75) is 23.7 Å². The summed E-state index contributed by atoms with van der Waals surface area (Å²) < 4.78 is 0. The lowest BCUT2D eigenvalue weighted by Crippen LogP contribution is -3.21. The molecular formula is C7H8N2. The minimum absolute atomic E-state index is 0.393. The molecule has 3 heterocycles. The van der Waals surface area contributed by atoms with Crippen molar-refractivity contribution in [2.24, 2.45) is 23.5 Å². The van der Waals surface area contributed by atoms with Crippen LogP contribution in [0.4, 0.5) is 0 Å². The summed E-state index contributed by atoms with van der Waals surface area (Å²) in [5.74, 6) is 3.22. The second-order valence-corrected chi connectivity index (χ2v) is 4.51. The minimum atomic E-state index is 0.393. The molecule has 6 aliphatic rings. The molecule has 2 nitrogen and oxygen atoms in total. The van der Waals surface area contributed by atoms with Crippen LogP contribution in [0.5, 0.6) is 0 Å². The van der Waals surface area contributed by atoms with Crippen LogP contribution in [0.15, 0.2) is 0 Å². The Balaban J connectivity index is 1.93. The largest absolute Gasteiger partial charge is 0.322 e. The average molecular weight is 120 g/mol. The Bertz CT molecular complexity index is 209. The average Bonchev–Trinajstić information content (AvgIpc) is 1.88. The zero-order valence-electron chi connectivity index (χ0n) is 4.99. The van der Waals surface area contributed by atoms with Crippen LogP contribution in [0.3, 0.4) is 0 Å². The lowest BCUT2D eigenvalue weighted by Gasteiger charge is -3.07. The van der Waals surface area contributed by atoms with Gasteiger partial charge in [0.15, 0.2) is 0 Å². The normalized spacial score (nSPS) is 99.7. The van der Waals surface area contributed by atoms with Crippen LogP contribution in [0.25, 0.3) is 0 Å². The quantitative estimate of drug-likeness (QED) is 0.444. The number of hydrogen-bond donors (Lipinski definition) is 1. The van der Waals surface area contributed by atoms with E-state index in [2.05, 4.69) is 4.90 Å². The highest BCUT2D eigenvalue weighted by Gasteiger charge is 3.03. The van der Waals surface area contributed by atoms with Crippen LogP contribution in [0.1, 0.15) is 0 Å². The Morgan fingerprint density at radius 1 is 1.22 bits per heavy atom. The Morgan fingerprint density at radius 2 is 1.89 bits per heavy atom. The van der Waals surface area contributed by atoms with Crippen LogP contribution in [-0.4, -0.2) is 28.6 Å². The Kier molecular flexibility index (Phi) is 0.195. The molecule has 46 valence electrons. The fourth-order valence-electron chi connectivity index (χ4n) is 4.79. The summed E-state index contributed by atoms with van der Waals surface area (Å²) in [5, 5.41) is 0. The van der Waals surface area contributed by atoms with Crippen molar-refractivity contribution in [3.63, 3.8) is 0 Å². The summed E-state index contributed by atoms with van der Waals surface area (Å²) in [6.07, 6.45) is 0. The van der Waals surface area contributed by atoms with Crippen molar-refractivity contribution in [1.29, 1.82) is 0 Å². The van der Waals surface area contributed by atoms with Crippen molar-refractivity contribution in [1.82, 2.24) is 4.90 Å². The Hall–Kier alpha value is -0.0800. The first-order valence-electron chi connectivity index (χ1n) is 3.93. The molecule has 3 unspecified atom stereocenters. The number of rotatable bonds is 0. The van der Waals surface area contributed by atoms with Gasteiger partial charge in [0, 0.05) is 18.1 Å². The molecule has 0 aromatic carbocycles. The fraction of sp³-hybridized carbons (Fsp3) is 1.00. The SMILES string of the molecule is NC12C3[C@H]4C5[C@H]3[C@H]1N5[C@@H]42. The topological polar surface area (TPSA) is 29.3 Å². The third-order valence-electron chi connectivity index (χ3n) is 4.94. The van der Waals surface area contributed by atoms with E-state index in [9.17, 15) is 0 Å². The molecule has 6 fully saturated rings. The van der Waals surface area contributed by atoms with E-state index >= 15 is 0 Å². The first kappa shape index (κ1) is 3.35. The number of nitrogens with zero attached hydrogens (tertiary/aromatic N) is 1. The third-order valence-corrected chi connectivity index (χ3v) is 4.94. The van der Waals surface area contributed by atoms with Crippen molar-refractivity contribution in [2.75, 3.05) is 0 Å². The molecule has 0 aromatic rings. The van der Waals surface area contributed by atoms with Gasteiger partial charge in [0.05, 0.1) is 5.54 Å². The molecule has 0 spiro atoms. The molecule has 0 radical (unpaired) electrons. The molecule has 0 aromatic heterocycles. The first-order valence-corrected chi connectivity index (χ1v) is 3.93. The van der Waals surface area contributed by atoms with Gasteiger partial charge in [0.2, 0.25) is 0 Å². The summed E-state index contributed by atoms with van der Waals surface area (Å²) in [5.41, 5.74) is 6.53. The summed E-state index contributed by atoms with van der Waals surface area (Å²) in [6.45, 7) is 0. The predicted molar refractivity (Wildman–Crippen MR) is 30.6 cm³/mol. The maximum Gasteiger partial charge on any atom is 0.0513 e. The van der Waals surface area contributed by atoms with Crippen molar-refractivity contribution in [3.8, 4) is 0 Å². The van der Waals surface area contributed by atoms with E-state index in [1.165, 1.54) is 0 Å². The summed E-state index contributed by atoms with van der Waals surface area (Å²) in [7, 11) is 0. The van der Waals surface area contributed by atoms with Gasteiger partial charge in [-0.15, -0.1) is 0 Å². The van der Waals surface area contributed by atoms with Crippen LogP contribution >= 0.6 is 0 Å². The van der Waals surface area contributed by atoms with Crippen LogP contribution in [0, 0.1) is 17.8 Å². The van der Waals surface area contributed by atoms with Crippen molar-refractivity contribution in [3.05, 3.63) is 0 Å². The molecule has 9 heavy (non-hydrogen) atoms. The highest BCUT2D eigenvalue weighted by molar-refractivity contribution is 5.58. The van der Waals surface area contributed by atoms with E-state index in [-0.39, 0.29) is 0 Å². The van der Waals surface area contributed by atoms with Crippen molar-refractivity contribution < 1.29 is 0 Å². The third kappa shape index (κ3) is 0.0955. The molecule has 3 saturated heterocycles. The van der Waals surface area contributed by atoms with Gasteiger partial charge in [0.25, 0.3) is 0 Å². The zero-order valence-corrected chi connectivity index (χ0v) is 4.99. The fourth-order valence-corrected chi connectivity index (χ4v) is 4.79. The molecule has 6 rings (SSSR count). The van der Waals surface area contributed by atoms with E-state index in [0.717, 1.165) is 35.9 Å².